The van der Waals surface area contributed by atoms with Crippen LogP contribution in [0.1, 0.15) is 43.1 Å². The van der Waals surface area contributed by atoms with Gasteiger partial charge in [0.1, 0.15) is 18.1 Å². The molecule has 2 aromatic carbocycles. The van der Waals surface area contributed by atoms with Crippen LogP contribution in [0.2, 0.25) is 0 Å². The van der Waals surface area contributed by atoms with E-state index in [0.717, 1.165) is 16.5 Å². The first kappa shape index (κ1) is 36.5. The molecule has 0 radical (unpaired) electrons. The summed E-state index contributed by atoms with van der Waals surface area (Å²) in [4.78, 5) is 69.2. The van der Waals surface area contributed by atoms with E-state index in [1.54, 1.807) is 30.5 Å². The molecule has 46 heavy (non-hydrogen) atoms. The zero-order valence-electron chi connectivity index (χ0n) is 26.2. The number of nitrogens with one attached hydrogen (secondary N) is 4. The molecule has 0 bridgehead atoms. The van der Waals surface area contributed by atoms with Crippen LogP contribution in [0.15, 0.2) is 54.7 Å². The number of fused-ring (bicyclic) bond motifs is 1. The summed E-state index contributed by atoms with van der Waals surface area (Å²) in [5.41, 5.74) is 13.7. The van der Waals surface area contributed by atoms with Crippen molar-refractivity contribution in [3.63, 3.8) is 0 Å². The lowest BCUT2D eigenvalue weighted by Gasteiger charge is -2.29. The number of primary amides is 1. The maximum absolute atomic E-state index is 14.2. The molecule has 1 aromatic heterocycles. The van der Waals surface area contributed by atoms with E-state index in [2.05, 4.69) is 46.2 Å². The van der Waals surface area contributed by atoms with Crippen molar-refractivity contribution in [2.24, 2.45) is 17.4 Å². The first-order valence-corrected chi connectivity index (χ1v) is 16.3. The zero-order chi connectivity index (χ0) is 34.0. The van der Waals surface area contributed by atoms with Gasteiger partial charge in [0.15, 0.2) is 0 Å². The summed E-state index contributed by atoms with van der Waals surface area (Å²) in [7, 11) is 0. The fourth-order valence-corrected chi connectivity index (χ4v) is 5.26. The monoisotopic (exact) mass is 669 g/mol. The molecule has 0 aliphatic heterocycles. The van der Waals surface area contributed by atoms with Crippen molar-refractivity contribution < 1.29 is 24.0 Å². The van der Waals surface area contributed by atoms with E-state index >= 15 is 0 Å². The number of para-hydroxylation sites is 1. The van der Waals surface area contributed by atoms with Crippen LogP contribution >= 0.6 is 25.3 Å². The quantitative estimate of drug-likeness (QED) is 0.107. The lowest BCUT2D eigenvalue weighted by molar-refractivity contribution is -0.131. The Kier molecular flexibility index (Phi) is 13.5. The van der Waals surface area contributed by atoms with Crippen LogP contribution in [0.3, 0.4) is 0 Å². The molecule has 5 amide bonds. The highest BCUT2D eigenvalue weighted by molar-refractivity contribution is 7.80. The van der Waals surface area contributed by atoms with Gasteiger partial charge in [-0.05, 0) is 55.2 Å². The maximum atomic E-state index is 14.2. The highest BCUT2D eigenvalue weighted by Crippen LogP contribution is 2.22. The van der Waals surface area contributed by atoms with Crippen LogP contribution in [-0.2, 0) is 25.6 Å². The Balaban J connectivity index is 1.88. The summed E-state index contributed by atoms with van der Waals surface area (Å²) in [6, 6.07) is 10.2. The van der Waals surface area contributed by atoms with Gasteiger partial charge < -0.3 is 37.3 Å². The molecule has 0 unspecified atom stereocenters. The second kappa shape index (κ2) is 17.1. The average Bonchev–Trinajstić information content (AvgIpc) is 3.44. The molecule has 248 valence electrons. The van der Waals surface area contributed by atoms with Gasteiger partial charge in [-0.2, -0.15) is 25.3 Å². The summed E-state index contributed by atoms with van der Waals surface area (Å²) in [5, 5.41) is 8.95. The Morgan fingerprint density at radius 3 is 2.17 bits per heavy atom. The molecule has 0 aliphatic carbocycles. The van der Waals surface area contributed by atoms with E-state index in [4.69, 9.17) is 11.5 Å². The third-order valence-corrected chi connectivity index (χ3v) is 7.98. The molecule has 12 nitrogen and oxygen atoms in total. The average molecular weight is 670 g/mol. The topological polar surface area (TPSA) is 193 Å². The van der Waals surface area contributed by atoms with Crippen molar-refractivity contribution in [1.29, 1.82) is 0 Å². The van der Waals surface area contributed by atoms with Crippen molar-refractivity contribution in [2.75, 3.05) is 23.0 Å². The fraction of sp³-hybridized carbons (Fsp3) is 0.406. The van der Waals surface area contributed by atoms with Crippen LogP contribution in [0, 0.1) is 5.92 Å². The number of thiol groups is 2. The van der Waals surface area contributed by atoms with Gasteiger partial charge in [-0.3, -0.25) is 24.0 Å². The van der Waals surface area contributed by atoms with E-state index in [9.17, 15) is 24.0 Å². The van der Waals surface area contributed by atoms with Crippen molar-refractivity contribution in [3.8, 4) is 0 Å². The minimum absolute atomic E-state index is 0.102. The number of anilines is 1. The SMILES string of the molecule is CC(C)C[C@H](NC(=O)c1ccc(N(CCS)C(=O)[C@H](Cc2c[nH]c3ccccc23)NC(=O)[C@H](C)NC(=O)[C@@H](N)CS)cc1)C(N)=O. The third-order valence-electron chi connectivity index (χ3n) is 7.39. The number of hydrogen-bond acceptors (Lipinski definition) is 8. The minimum atomic E-state index is -1.03. The van der Waals surface area contributed by atoms with Gasteiger partial charge in [0, 0.05) is 52.8 Å². The maximum Gasteiger partial charge on any atom is 0.251 e. The van der Waals surface area contributed by atoms with E-state index in [1.165, 1.54) is 11.8 Å². The second-order valence-corrected chi connectivity index (χ2v) is 12.3. The van der Waals surface area contributed by atoms with Gasteiger partial charge in [-0.15, -0.1) is 0 Å². The molecule has 8 N–H and O–H groups in total. The summed E-state index contributed by atoms with van der Waals surface area (Å²) >= 11 is 8.39. The predicted molar refractivity (Wildman–Crippen MR) is 186 cm³/mol. The molecular weight excluding hydrogens is 627 g/mol. The minimum Gasteiger partial charge on any atom is -0.368 e. The molecule has 3 rings (SSSR count). The summed E-state index contributed by atoms with van der Waals surface area (Å²) in [6.45, 7) is 5.56. The van der Waals surface area contributed by atoms with E-state index in [1.807, 2.05) is 38.1 Å². The van der Waals surface area contributed by atoms with Crippen LogP contribution in [0.5, 0.6) is 0 Å². The summed E-state index contributed by atoms with van der Waals surface area (Å²) < 4.78 is 0. The number of nitrogens with two attached hydrogens (primary N) is 2. The number of rotatable bonds is 16. The molecular formula is C32H43N7O5S2. The lowest BCUT2D eigenvalue weighted by atomic mass is 10.0. The Morgan fingerprint density at radius 1 is 0.891 bits per heavy atom. The molecule has 4 atom stereocenters. The molecule has 14 heteroatoms. The Bertz CT molecular complexity index is 1530. The smallest absolute Gasteiger partial charge is 0.251 e. The highest BCUT2D eigenvalue weighted by atomic mass is 32.1. The van der Waals surface area contributed by atoms with Crippen molar-refractivity contribution >= 4 is 71.4 Å². The summed E-state index contributed by atoms with van der Waals surface area (Å²) in [5.74, 6) is -2.06. The number of aromatic nitrogens is 1. The number of nitrogens with zero attached hydrogens (tertiary/aromatic N) is 1. The van der Waals surface area contributed by atoms with Crippen molar-refractivity contribution in [2.45, 2.75) is 57.8 Å². The Morgan fingerprint density at radius 2 is 1.57 bits per heavy atom. The van der Waals surface area contributed by atoms with Crippen molar-refractivity contribution in [3.05, 3.63) is 65.9 Å². The van der Waals surface area contributed by atoms with E-state index < -0.39 is 53.7 Å². The molecule has 0 spiro atoms. The molecule has 0 saturated heterocycles. The number of H-pyrrole nitrogens is 1. The second-order valence-electron chi connectivity index (χ2n) is 11.5. The number of amides is 5. The van der Waals surface area contributed by atoms with Gasteiger partial charge in [-0.25, -0.2) is 0 Å². The highest BCUT2D eigenvalue weighted by Gasteiger charge is 2.30. The molecule has 0 saturated carbocycles. The standard InChI is InChI=1S/C32H43N7O5S2/c1-18(2)14-26(28(34)40)37-30(42)20-8-10-22(11-9-20)39(12-13-45)32(44)27(15-21-16-35-25-7-5-4-6-23(21)25)38-29(41)19(3)36-31(43)24(33)17-46/h4-11,16,18-19,24,26-27,35,45-46H,12-15,17,33H2,1-3H3,(H2,34,40)(H,36,43)(H,37,42)(H,38,41)/t19-,24-,26-,27-/m0/s1. The van der Waals surface area contributed by atoms with Gasteiger partial charge in [-0.1, -0.05) is 32.0 Å². The first-order chi connectivity index (χ1) is 21.9. The Labute approximate surface area is 279 Å². The van der Waals surface area contributed by atoms with Crippen molar-refractivity contribution in [1.82, 2.24) is 20.9 Å². The molecule has 3 aromatic rings. The van der Waals surface area contributed by atoms with E-state index in [-0.39, 0.29) is 30.2 Å². The Hall–Kier alpha value is -4.01. The van der Waals surface area contributed by atoms with Crippen LogP contribution in [0.25, 0.3) is 10.9 Å². The molecule has 0 fully saturated rings. The van der Waals surface area contributed by atoms with Crippen LogP contribution < -0.4 is 32.3 Å². The molecule has 0 aliphatic rings. The lowest BCUT2D eigenvalue weighted by Crippen LogP contribution is -2.56. The van der Waals surface area contributed by atoms with Gasteiger partial charge >= 0.3 is 0 Å². The number of carbonyl (C=O) groups is 5. The fourth-order valence-electron chi connectivity index (χ4n) is 4.89. The van der Waals surface area contributed by atoms with Gasteiger partial charge in [0.05, 0.1) is 6.04 Å². The number of hydrogen-bond donors (Lipinski definition) is 8. The zero-order valence-corrected chi connectivity index (χ0v) is 27.9. The van der Waals surface area contributed by atoms with Crippen LogP contribution in [-0.4, -0.2) is 76.7 Å². The number of carbonyl (C=O) groups excluding carboxylic acids is 5. The number of benzene rings is 2. The largest absolute Gasteiger partial charge is 0.368 e. The number of aromatic amines is 1. The van der Waals surface area contributed by atoms with Gasteiger partial charge in [0.2, 0.25) is 23.6 Å². The van der Waals surface area contributed by atoms with Crippen LogP contribution in [0.4, 0.5) is 5.69 Å². The van der Waals surface area contributed by atoms with E-state index in [0.29, 0.717) is 17.9 Å². The predicted octanol–water partition coefficient (Wildman–Crippen LogP) is 1.55. The normalized spacial score (nSPS) is 13.8. The first-order valence-electron chi connectivity index (χ1n) is 15.0. The third kappa shape index (κ3) is 9.74. The van der Waals surface area contributed by atoms with Gasteiger partial charge in [0.25, 0.3) is 5.91 Å². The molecule has 1 heterocycles. The summed E-state index contributed by atoms with van der Waals surface area (Å²) in [6.07, 6.45) is 2.35.